The van der Waals surface area contributed by atoms with Gasteiger partial charge < -0.3 is 23.6 Å². The molecule has 0 amide bonds. The number of aromatic nitrogens is 3. The molecule has 48 heavy (non-hydrogen) atoms. The summed E-state index contributed by atoms with van der Waals surface area (Å²) in [6.07, 6.45) is -11.7. The predicted octanol–water partition coefficient (Wildman–Crippen LogP) is 5.19. The zero-order valence-corrected chi connectivity index (χ0v) is 26.2. The molecule has 19 heteroatoms. The largest absolute Gasteiger partial charge is 0.496 e. The normalized spacial score (nSPS) is 14.9. The van der Waals surface area contributed by atoms with Gasteiger partial charge >= 0.3 is 12.4 Å². The van der Waals surface area contributed by atoms with Gasteiger partial charge in [-0.1, -0.05) is 17.3 Å². The van der Waals surface area contributed by atoms with Gasteiger partial charge in [-0.15, -0.1) is 0 Å². The van der Waals surface area contributed by atoms with Gasteiger partial charge in [0.1, 0.15) is 28.4 Å². The van der Waals surface area contributed by atoms with E-state index in [1.54, 1.807) is 41.3 Å². The number of halogens is 6. The molecule has 1 fully saturated rings. The third-order valence-electron chi connectivity index (χ3n) is 7.67. The minimum Gasteiger partial charge on any atom is -0.496 e. The molecule has 0 radical (unpaired) electrons. The number of fused-ring (bicyclic) bond motifs is 1. The molecule has 1 saturated heterocycles. The molecule has 0 unspecified atom stereocenters. The Labute approximate surface area is 269 Å². The first-order chi connectivity index (χ1) is 22.6. The molecule has 12 nitrogen and oxygen atoms in total. The summed E-state index contributed by atoms with van der Waals surface area (Å²) in [6, 6.07) is 9.39. The summed E-state index contributed by atoms with van der Waals surface area (Å²) in [4.78, 5) is 14.2. The van der Waals surface area contributed by atoms with Crippen molar-refractivity contribution in [1.29, 1.82) is 0 Å². The van der Waals surface area contributed by atoms with Crippen LogP contribution in [0.4, 0.5) is 37.8 Å². The van der Waals surface area contributed by atoms with Crippen molar-refractivity contribution >= 4 is 38.3 Å². The van der Waals surface area contributed by atoms with Crippen LogP contribution in [0.3, 0.4) is 0 Å². The molecule has 0 aliphatic carbocycles. The van der Waals surface area contributed by atoms with E-state index in [4.69, 9.17) is 14.0 Å². The van der Waals surface area contributed by atoms with Crippen LogP contribution < -0.4 is 19.1 Å². The smallest absolute Gasteiger partial charge is 0.423 e. The minimum absolute atomic E-state index is 0.0883. The molecule has 260 valence electrons. The molecule has 0 bridgehead atoms. The van der Waals surface area contributed by atoms with Crippen LogP contribution in [0.1, 0.15) is 18.4 Å². The SMILES string of the molecule is COc1ccccc1S(=O)(=O)Nc1noc2cc(Cn3cc(N4CCC(C(=O)COC(C(F)(F)F)C(F)(F)F)CC4)cn3)cc(OC)c12. The van der Waals surface area contributed by atoms with Crippen LogP contribution in [0.25, 0.3) is 11.0 Å². The number of ketones is 1. The number of Topliss-reactive ketones (excluding diaryl/α,β-unsaturated/α-hetero) is 1. The number of ether oxygens (including phenoxy) is 3. The monoisotopic (exact) mass is 705 g/mol. The van der Waals surface area contributed by atoms with Crippen molar-refractivity contribution in [2.75, 3.05) is 43.5 Å². The lowest BCUT2D eigenvalue weighted by atomic mass is 9.92. The highest BCUT2D eigenvalue weighted by Gasteiger charge is 2.58. The van der Waals surface area contributed by atoms with Crippen LogP contribution in [0, 0.1) is 5.92 Å². The van der Waals surface area contributed by atoms with Gasteiger partial charge in [0.15, 0.2) is 17.2 Å². The Hall–Kier alpha value is -4.52. The van der Waals surface area contributed by atoms with Crippen molar-refractivity contribution in [3.63, 3.8) is 0 Å². The first-order valence-electron chi connectivity index (χ1n) is 14.3. The fraction of sp³-hybridized carbons (Fsp3) is 0.414. The fourth-order valence-corrected chi connectivity index (χ4v) is 6.52. The van der Waals surface area contributed by atoms with E-state index in [0.29, 0.717) is 24.3 Å². The summed E-state index contributed by atoms with van der Waals surface area (Å²) in [5.41, 5.74) is 1.60. The predicted molar refractivity (Wildman–Crippen MR) is 157 cm³/mol. The van der Waals surface area contributed by atoms with E-state index in [0.717, 1.165) is 0 Å². The molecule has 2 aromatic carbocycles. The number of hydrogen-bond donors (Lipinski definition) is 1. The molecule has 0 spiro atoms. The second kappa shape index (κ2) is 13.5. The first-order valence-corrected chi connectivity index (χ1v) is 15.8. The number of rotatable bonds is 12. The summed E-state index contributed by atoms with van der Waals surface area (Å²) in [7, 11) is -1.36. The molecule has 1 N–H and O–H groups in total. The number of benzene rings is 2. The summed E-state index contributed by atoms with van der Waals surface area (Å²) >= 11 is 0. The van der Waals surface area contributed by atoms with Crippen LogP contribution >= 0.6 is 0 Å². The molecule has 4 aromatic rings. The van der Waals surface area contributed by atoms with Gasteiger partial charge in [0.05, 0.1) is 32.6 Å². The summed E-state index contributed by atoms with van der Waals surface area (Å²) in [5, 5.41) is 8.54. The van der Waals surface area contributed by atoms with Crippen LogP contribution in [0.2, 0.25) is 0 Å². The molecular weight excluding hydrogens is 676 g/mol. The van der Waals surface area contributed by atoms with Crippen molar-refractivity contribution in [3.05, 3.63) is 54.4 Å². The second-order valence-corrected chi connectivity index (χ2v) is 12.5. The van der Waals surface area contributed by atoms with Crippen LogP contribution in [0.15, 0.2) is 58.2 Å². The number of carbonyl (C=O) groups excluding carboxylic acids is 1. The van der Waals surface area contributed by atoms with E-state index in [-0.39, 0.29) is 52.6 Å². The van der Waals surface area contributed by atoms with Gasteiger partial charge in [-0.2, -0.15) is 31.4 Å². The van der Waals surface area contributed by atoms with E-state index in [2.05, 4.69) is 19.7 Å². The third kappa shape index (κ3) is 7.61. The number of alkyl halides is 6. The Morgan fingerprint density at radius 1 is 1.04 bits per heavy atom. The van der Waals surface area contributed by atoms with E-state index in [1.165, 1.54) is 26.4 Å². The number of hydrogen-bond acceptors (Lipinski definition) is 10. The van der Waals surface area contributed by atoms with Gasteiger partial charge in [-0.3, -0.25) is 14.2 Å². The maximum atomic E-state index is 13.1. The van der Waals surface area contributed by atoms with E-state index < -0.39 is 46.8 Å². The number of para-hydroxylation sites is 1. The van der Waals surface area contributed by atoms with E-state index in [9.17, 15) is 39.6 Å². The Bertz CT molecular complexity index is 1850. The Kier molecular flexibility index (Phi) is 9.82. The summed E-state index contributed by atoms with van der Waals surface area (Å²) < 4.78 is 127. The van der Waals surface area contributed by atoms with Crippen LogP contribution in [0.5, 0.6) is 11.5 Å². The lowest BCUT2D eigenvalue weighted by Crippen LogP contribution is -2.46. The number of piperidine rings is 1. The number of carbonyl (C=O) groups is 1. The van der Waals surface area contributed by atoms with Crippen LogP contribution in [-0.2, 0) is 26.1 Å². The molecule has 2 aromatic heterocycles. The number of nitrogens with zero attached hydrogens (tertiary/aromatic N) is 4. The molecule has 1 aliphatic heterocycles. The second-order valence-electron chi connectivity index (χ2n) is 10.9. The average Bonchev–Trinajstić information content (AvgIpc) is 3.66. The molecule has 5 rings (SSSR count). The van der Waals surface area contributed by atoms with Crippen molar-refractivity contribution in [2.24, 2.45) is 5.92 Å². The average molecular weight is 706 g/mol. The van der Waals surface area contributed by atoms with Gasteiger partial charge in [0, 0.05) is 25.2 Å². The first kappa shape index (κ1) is 34.8. The van der Waals surface area contributed by atoms with E-state index >= 15 is 0 Å². The summed E-state index contributed by atoms with van der Waals surface area (Å²) in [6.45, 7) is -0.424. The van der Waals surface area contributed by atoms with Crippen molar-refractivity contribution in [2.45, 2.75) is 42.7 Å². The maximum Gasteiger partial charge on any atom is 0.423 e. The lowest BCUT2D eigenvalue weighted by Gasteiger charge is -2.32. The quantitative estimate of drug-likeness (QED) is 0.196. The van der Waals surface area contributed by atoms with Gasteiger partial charge in [0.2, 0.25) is 6.10 Å². The zero-order valence-electron chi connectivity index (χ0n) is 25.3. The Morgan fingerprint density at radius 2 is 1.71 bits per heavy atom. The van der Waals surface area contributed by atoms with Crippen LogP contribution in [-0.4, -0.2) is 81.5 Å². The Balaban J connectivity index is 1.22. The van der Waals surface area contributed by atoms with Gasteiger partial charge in [0.25, 0.3) is 10.0 Å². The van der Waals surface area contributed by atoms with Gasteiger partial charge in [-0.25, -0.2) is 8.42 Å². The highest BCUT2D eigenvalue weighted by atomic mass is 32.2. The molecule has 1 aliphatic rings. The lowest BCUT2D eigenvalue weighted by molar-refractivity contribution is -0.319. The molecule has 0 atom stereocenters. The fourth-order valence-electron chi connectivity index (χ4n) is 5.34. The maximum absolute atomic E-state index is 13.1. The number of anilines is 2. The number of methoxy groups -OCH3 is 2. The Morgan fingerprint density at radius 3 is 2.35 bits per heavy atom. The topological polar surface area (TPSA) is 138 Å². The third-order valence-corrected chi connectivity index (χ3v) is 9.05. The highest BCUT2D eigenvalue weighted by Crippen LogP contribution is 2.37. The van der Waals surface area contributed by atoms with Gasteiger partial charge in [-0.05, 0) is 42.7 Å². The highest BCUT2D eigenvalue weighted by molar-refractivity contribution is 7.92. The number of nitrogens with one attached hydrogen (secondary N) is 1. The standard InChI is InChI=1S/C29H29F6N5O7S/c1-44-21-5-3-4-6-24(21)48(42,43)38-26-25-22(45-2)11-17(12-23(25)47-37-26)14-40-15-19(13-36-40)39-9-7-18(8-10-39)20(41)16-46-27(28(30,31)32)29(33,34)35/h3-6,11-13,15,18,27H,7-10,14,16H2,1-2H3,(H,37,38). The summed E-state index contributed by atoms with van der Waals surface area (Å²) in [5.74, 6) is -1.24. The van der Waals surface area contributed by atoms with Crippen molar-refractivity contribution in [3.8, 4) is 11.5 Å². The number of sulfonamides is 1. The molecule has 0 saturated carbocycles. The molecule has 3 heterocycles. The molecular formula is C29H29F6N5O7S. The zero-order chi connectivity index (χ0) is 34.9. The van der Waals surface area contributed by atoms with Crippen molar-refractivity contribution < 1.29 is 58.3 Å². The van der Waals surface area contributed by atoms with E-state index in [1.807, 2.05) is 4.90 Å². The van der Waals surface area contributed by atoms with Crippen molar-refractivity contribution in [1.82, 2.24) is 14.9 Å². The minimum atomic E-state index is -5.69.